The van der Waals surface area contributed by atoms with Crippen molar-refractivity contribution in [3.8, 4) is 0 Å². The lowest BCUT2D eigenvalue weighted by Crippen LogP contribution is -2.35. The quantitative estimate of drug-likeness (QED) is 0.726. The summed E-state index contributed by atoms with van der Waals surface area (Å²) in [5.41, 5.74) is 2.45. The molecule has 0 aliphatic heterocycles. The molecule has 0 spiro atoms. The van der Waals surface area contributed by atoms with Crippen LogP contribution in [-0.4, -0.2) is 32.0 Å². The summed E-state index contributed by atoms with van der Waals surface area (Å²) >= 11 is 0. The lowest BCUT2D eigenvalue weighted by atomic mass is 10.1. The molecule has 0 saturated heterocycles. The molecule has 0 heterocycles. The number of carbonyl (C=O) groups is 2. The van der Waals surface area contributed by atoms with Crippen LogP contribution in [0, 0.1) is 6.92 Å². The van der Waals surface area contributed by atoms with Gasteiger partial charge in [0.25, 0.3) is 5.91 Å². The van der Waals surface area contributed by atoms with Gasteiger partial charge in [-0.2, -0.15) is 0 Å². The number of amides is 2. The molecule has 0 radical (unpaired) electrons. The molecule has 0 bridgehead atoms. The van der Waals surface area contributed by atoms with Crippen molar-refractivity contribution in [3.63, 3.8) is 0 Å². The van der Waals surface area contributed by atoms with E-state index >= 15 is 0 Å². The zero-order chi connectivity index (χ0) is 13.5. The number of aryl methyl sites for hydroxylation is 1. The first kappa shape index (κ1) is 14.0. The van der Waals surface area contributed by atoms with Crippen LogP contribution in [0.2, 0.25) is 0 Å². The minimum atomic E-state index is -0.237. The normalized spacial score (nSPS) is 9.72. The Morgan fingerprint density at radius 3 is 2.56 bits per heavy atom. The summed E-state index contributed by atoms with van der Waals surface area (Å²) < 4.78 is 0. The topological polar surface area (TPSA) is 70.2 Å². The number of hydrogen-bond acceptors (Lipinski definition) is 3. The van der Waals surface area contributed by atoms with Crippen molar-refractivity contribution in [2.24, 2.45) is 0 Å². The van der Waals surface area contributed by atoms with Gasteiger partial charge in [-0.3, -0.25) is 9.59 Å². The molecule has 18 heavy (non-hydrogen) atoms. The lowest BCUT2D eigenvalue weighted by Gasteiger charge is -2.09. The van der Waals surface area contributed by atoms with E-state index in [-0.39, 0.29) is 18.4 Å². The highest BCUT2D eigenvalue weighted by atomic mass is 16.2. The van der Waals surface area contributed by atoms with Crippen molar-refractivity contribution in [3.05, 3.63) is 29.3 Å². The van der Waals surface area contributed by atoms with Crippen LogP contribution < -0.4 is 16.0 Å². The molecule has 98 valence electrons. The van der Waals surface area contributed by atoms with Crippen molar-refractivity contribution >= 4 is 17.5 Å². The molecule has 0 aliphatic rings. The van der Waals surface area contributed by atoms with Crippen LogP contribution in [0.3, 0.4) is 0 Å². The number of hydrogen-bond donors (Lipinski definition) is 3. The number of benzene rings is 1. The van der Waals surface area contributed by atoms with Gasteiger partial charge in [0, 0.05) is 24.8 Å². The fourth-order valence-electron chi connectivity index (χ4n) is 1.58. The molecule has 0 saturated carbocycles. The number of anilines is 1. The molecule has 1 aromatic carbocycles. The zero-order valence-corrected chi connectivity index (χ0v) is 11.0. The van der Waals surface area contributed by atoms with Crippen LogP contribution in [-0.2, 0) is 4.79 Å². The van der Waals surface area contributed by atoms with E-state index in [0.717, 1.165) is 17.8 Å². The summed E-state index contributed by atoms with van der Waals surface area (Å²) in [6.45, 7) is 4.71. The largest absolute Gasteiger partial charge is 0.385 e. The Labute approximate surface area is 107 Å². The first-order valence-electron chi connectivity index (χ1n) is 5.91. The second-order valence-corrected chi connectivity index (χ2v) is 3.92. The predicted molar refractivity (Wildman–Crippen MR) is 71.7 cm³/mol. The highest BCUT2D eigenvalue weighted by molar-refractivity contribution is 5.98. The summed E-state index contributed by atoms with van der Waals surface area (Å²) in [6, 6.07) is 5.52. The average Bonchev–Trinajstić information content (AvgIpc) is 2.36. The molecule has 0 aromatic heterocycles. The van der Waals surface area contributed by atoms with Gasteiger partial charge in [0.05, 0.1) is 6.54 Å². The average molecular weight is 249 g/mol. The minimum absolute atomic E-state index is 0.0102. The molecular weight excluding hydrogens is 230 g/mol. The maximum absolute atomic E-state index is 11.8. The van der Waals surface area contributed by atoms with E-state index in [1.54, 1.807) is 6.07 Å². The summed E-state index contributed by atoms with van der Waals surface area (Å²) in [5, 5.41) is 8.20. The third-order valence-corrected chi connectivity index (χ3v) is 2.54. The number of nitrogens with one attached hydrogen (secondary N) is 3. The van der Waals surface area contributed by atoms with E-state index in [9.17, 15) is 9.59 Å². The summed E-state index contributed by atoms with van der Waals surface area (Å²) in [5.74, 6) is -0.454. The molecule has 0 unspecified atom stereocenters. The van der Waals surface area contributed by atoms with Crippen LogP contribution in [0.1, 0.15) is 22.8 Å². The van der Waals surface area contributed by atoms with Crippen LogP contribution >= 0.6 is 0 Å². The minimum Gasteiger partial charge on any atom is -0.385 e. The monoisotopic (exact) mass is 249 g/mol. The molecule has 5 heteroatoms. The fourth-order valence-corrected chi connectivity index (χ4v) is 1.58. The van der Waals surface area contributed by atoms with Gasteiger partial charge in [-0.1, -0.05) is 0 Å². The molecule has 0 atom stereocenters. The molecule has 1 aromatic rings. The molecule has 0 fully saturated rings. The molecule has 3 N–H and O–H groups in total. The highest BCUT2D eigenvalue weighted by Gasteiger charge is 2.10. The maximum atomic E-state index is 11.8. The van der Waals surface area contributed by atoms with E-state index < -0.39 is 0 Å². The Kier molecular flexibility index (Phi) is 5.17. The summed E-state index contributed by atoms with van der Waals surface area (Å²) in [7, 11) is 1.53. The summed E-state index contributed by atoms with van der Waals surface area (Å²) in [4.78, 5) is 22.9. The number of likely N-dealkylation sites (N-methyl/N-ethyl adjacent to an activating group) is 1. The molecule has 2 amide bonds. The molecule has 0 aliphatic carbocycles. The van der Waals surface area contributed by atoms with Gasteiger partial charge in [0.1, 0.15) is 0 Å². The van der Waals surface area contributed by atoms with E-state index in [2.05, 4.69) is 16.0 Å². The fraction of sp³-hybridized carbons (Fsp3) is 0.385. The van der Waals surface area contributed by atoms with Crippen molar-refractivity contribution in [1.82, 2.24) is 10.6 Å². The lowest BCUT2D eigenvalue weighted by molar-refractivity contribution is -0.119. The molecular formula is C13H19N3O2. The van der Waals surface area contributed by atoms with Gasteiger partial charge in [0.15, 0.2) is 0 Å². The third kappa shape index (κ3) is 3.76. The van der Waals surface area contributed by atoms with E-state index in [4.69, 9.17) is 0 Å². The zero-order valence-electron chi connectivity index (χ0n) is 11.0. The number of rotatable bonds is 5. The first-order valence-corrected chi connectivity index (χ1v) is 5.91. The molecule has 5 nitrogen and oxygen atoms in total. The Morgan fingerprint density at radius 2 is 2.00 bits per heavy atom. The van der Waals surface area contributed by atoms with Crippen LogP contribution in [0.15, 0.2) is 18.2 Å². The Hall–Kier alpha value is -2.04. The third-order valence-electron chi connectivity index (χ3n) is 2.54. The standard InChI is InChI=1S/C13H19N3O2/c1-4-15-10-5-6-11(9(2)7-10)13(18)16-8-12(17)14-3/h5-7,15H,4,8H2,1-3H3,(H,14,17)(H,16,18). The van der Waals surface area contributed by atoms with Crippen molar-refractivity contribution in [2.75, 3.05) is 25.5 Å². The van der Waals surface area contributed by atoms with Crippen molar-refractivity contribution < 1.29 is 9.59 Å². The Morgan fingerprint density at radius 1 is 1.28 bits per heavy atom. The van der Waals surface area contributed by atoms with Crippen molar-refractivity contribution in [1.29, 1.82) is 0 Å². The maximum Gasteiger partial charge on any atom is 0.251 e. The van der Waals surface area contributed by atoms with E-state index in [1.165, 1.54) is 7.05 Å². The van der Waals surface area contributed by atoms with Gasteiger partial charge in [-0.05, 0) is 37.6 Å². The summed E-state index contributed by atoms with van der Waals surface area (Å²) in [6.07, 6.45) is 0. The van der Waals surface area contributed by atoms with Gasteiger partial charge in [-0.15, -0.1) is 0 Å². The Bertz CT molecular complexity index is 444. The van der Waals surface area contributed by atoms with Crippen molar-refractivity contribution in [2.45, 2.75) is 13.8 Å². The Balaban J connectivity index is 2.71. The van der Waals surface area contributed by atoms with Crippen LogP contribution in [0.25, 0.3) is 0 Å². The predicted octanol–water partition coefficient (Wildman–Crippen LogP) is 0.903. The van der Waals surface area contributed by atoms with Crippen LogP contribution in [0.5, 0.6) is 0 Å². The first-order chi connectivity index (χ1) is 8.58. The van der Waals surface area contributed by atoms with Gasteiger partial charge in [0.2, 0.25) is 5.91 Å². The second-order valence-electron chi connectivity index (χ2n) is 3.92. The van der Waals surface area contributed by atoms with Gasteiger partial charge < -0.3 is 16.0 Å². The van der Waals surface area contributed by atoms with E-state index in [1.807, 2.05) is 26.0 Å². The van der Waals surface area contributed by atoms with Crippen LogP contribution in [0.4, 0.5) is 5.69 Å². The smallest absolute Gasteiger partial charge is 0.251 e. The molecule has 1 rings (SSSR count). The van der Waals surface area contributed by atoms with Gasteiger partial charge in [-0.25, -0.2) is 0 Å². The van der Waals surface area contributed by atoms with Gasteiger partial charge >= 0.3 is 0 Å². The second kappa shape index (κ2) is 6.64. The van der Waals surface area contributed by atoms with E-state index in [0.29, 0.717) is 5.56 Å². The SMILES string of the molecule is CCNc1ccc(C(=O)NCC(=O)NC)c(C)c1. The number of carbonyl (C=O) groups excluding carboxylic acids is 2. The highest BCUT2D eigenvalue weighted by Crippen LogP contribution is 2.14.